The normalized spacial score (nSPS) is 18.5. The summed E-state index contributed by atoms with van der Waals surface area (Å²) in [5.74, 6) is -0.780. The van der Waals surface area contributed by atoms with Gasteiger partial charge in [0.05, 0.1) is 0 Å². The molecule has 1 fully saturated rings. The zero-order valence-corrected chi connectivity index (χ0v) is 18.5. The Bertz CT molecular complexity index is 803. The Labute approximate surface area is 186 Å². The van der Waals surface area contributed by atoms with Crippen LogP contribution in [-0.2, 0) is 27.3 Å². The van der Waals surface area contributed by atoms with E-state index in [1.165, 1.54) is 16.7 Å². The van der Waals surface area contributed by atoms with Crippen molar-refractivity contribution in [1.29, 1.82) is 0 Å². The number of nitrogens with one attached hydrogen (secondary N) is 1. The Kier molecular flexibility index (Phi) is 7.95. The van der Waals surface area contributed by atoms with E-state index in [0.29, 0.717) is 50.9 Å². The van der Waals surface area contributed by atoms with Crippen LogP contribution in [0.1, 0.15) is 43.2 Å². The van der Waals surface area contributed by atoms with Crippen molar-refractivity contribution < 1.29 is 24.3 Å². The van der Waals surface area contributed by atoms with Crippen LogP contribution in [0.25, 0.3) is 0 Å². The smallest absolute Gasteiger partial charge is 0.327 e. The molecule has 0 saturated carbocycles. The molecule has 1 aromatic rings. The Morgan fingerprint density at radius 2 is 1.94 bits per heavy atom. The third-order valence-corrected chi connectivity index (χ3v) is 6.45. The van der Waals surface area contributed by atoms with Gasteiger partial charge in [0.25, 0.3) is 5.91 Å². The molecule has 3 rings (SSSR count). The Balaban J connectivity index is 1.40. The van der Waals surface area contributed by atoms with Crippen LogP contribution in [0, 0.1) is 0 Å². The van der Waals surface area contributed by atoms with Crippen LogP contribution >= 0.6 is 11.8 Å². The molecule has 0 radical (unpaired) electrons. The lowest BCUT2D eigenvalue weighted by Crippen LogP contribution is -2.41. The number of urea groups is 1. The number of thioether (sulfide) groups is 1. The van der Waals surface area contributed by atoms with Crippen molar-refractivity contribution in [1.82, 2.24) is 15.1 Å². The molecule has 2 N–H and O–H groups in total. The van der Waals surface area contributed by atoms with Crippen LogP contribution < -0.4 is 5.32 Å². The fourth-order valence-electron chi connectivity index (χ4n) is 4.07. The Hall–Kier alpha value is -2.55. The number of fused-ring (bicyclic) bond motifs is 2. The molecule has 0 aromatic heterocycles. The monoisotopic (exact) mass is 447 g/mol. The van der Waals surface area contributed by atoms with Crippen LogP contribution in [0.15, 0.2) is 24.3 Å². The molecule has 31 heavy (non-hydrogen) atoms. The first kappa shape index (κ1) is 23.1. The van der Waals surface area contributed by atoms with E-state index in [1.807, 2.05) is 30.5 Å². The molecular weight excluding hydrogens is 418 g/mol. The number of carbonyl (C=O) groups excluding carboxylic acids is 3. The number of carboxylic acids is 1. The number of rotatable bonds is 11. The van der Waals surface area contributed by atoms with E-state index in [-0.39, 0.29) is 24.3 Å². The molecule has 2 atom stereocenters. The maximum Gasteiger partial charge on any atom is 0.327 e. The van der Waals surface area contributed by atoms with Crippen LogP contribution in [0.4, 0.5) is 4.79 Å². The first-order chi connectivity index (χ1) is 14.9. The number of carbonyl (C=O) groups is 4. The van der Waals surface area contributed by atoms with Crippen LogP contribution in [0.2, 0.25) is 0 Å². The van der Waals surface area contributed by atoms with Gasteiger partial charge in [0, 0.05) is 25.9 Å². The molecule has 2 aliphatic heterocycles. The number of amides is 4. The van der Waals surface area contributed by atoms with Crippen molar-refractivity contribution >= 4 is 35.6 Å². The van der Waals surface area contributed by atoms with Gasteiger partial charge in [-0.25, -0.2) is 9.59 Å². The van der Waals surface area contributed by atoms with Crippen molar-refractivity contribution in [2.24, 2.45) is 0 Å². The Morgan fingerprint density at radius 1 is 1.19 bits per heavy atom. The number of nitrogens with zero attached hydrogens (tertiary/aromatic N) is 2. The van der Waals surface area contributed by atoms with Crippen molar-refractivity contribution in [2.45, 2.75) is 57.2 Å². The van der Waals surface area contributed by atoms with E-state index in [4.69, 9.17) is 0 Å². The van der Waals surface area contributed by atoms with E-state index in [1.54, 1.807) is 4.90 Å². The second kappa shape index (κ2) is 10.7. The summed E-state index contributed by atoms with van der Waals surface area (Å²) in [5, 5.41) is 11.7. The van der Waals surface area contributed by atoms with Gasteiger partial charge >= 0.3 is 12.0 Å². The fraction of sp³-hybridized carbons (Fsp3) is 0.545. The highest BCUT2D eigenvalue weighted by Gasteiger charge is 2.46. The number of carboxylic acid groups (broad SMARTS) is 1. The van der Waals surface area contributed by atoms with Gasteiger partial charge in [-0.05, 0) is 42.4 Å². The number of benzene rings is 1. The second-order valence-corrected chi connectivity index (χ2v) is 8.93. The Morgan fingerprint density at radius 3 is 2.65 bits per heavy atom. The summed E-state index contributed by atoms with van der Waals surface area (Å²) in [7, 11) is 0. The van der Waals surface area contributed by atoms with Crippen molar-refractivity contribution in [3.63, 3.8) is 0 Å². The molecule has 2 unspecified atom stereocenters. The fourth-order valence-corrected chi connectivity index (χ4v) is 4.54. The maximum atomic E-state index is 12.7. The summed E-state index contributed by atoms with van der Waals surface area (Å²) in [6.07, 6.45) is 4.94. The maximum absolute atomic E-state index is 12.7. The average molecular weight is 448 g/mol. The molecule has 0 bridgehead atoms. The highest BCUT2D eigenvalue weighted by molar-refractivity contribution is 7.98. The number of hydrogen-bond acceptors (Lipinski definition) is 5. The molecule has 1 saturated heterocycles. The molecule has 8 nitrogen and oxygen atoms in total. The van der Waals surface area contributed by atoms with Gasteiger partial charge in [0.15, 0.2) is 0 Å². The van der Waals surface area contributed by atoms with Gasteiger partial charge in [0.1, 0.15) is 12.1 Å². The number of imide groups is 1. The molecule has 0 aliphatic carbocycles. The zero-order chi connectivity index (χ0) is 22.4. The molecule has 2 heterocycles. The summed E-state index contributed by atoms with van der Waals surface area (Å²) in [5.41, 5.74) is 2.21. The van der Waals surface area contributed by atoms with Crippen molar-refractivity contribution in [3.8, 4) is 0 Å². The van der Waals surface area contributed by atoms with E-state index in [9.17, 15) is 24.3 Å². The number of unbranched alkanes of at least 4 members (excludes halogenated alkanes) is 2. The quantitative estimate of drug-likeness (QED) is 0.398. The first-order valence-electron chi connectivity index (χ1n) is 10.6. The zero-order valence-electron chi connectivity index (χ0n) is 17.7. The van der Waals surface area contributed by atoms with Crippen LogP contribution in [0.3, 0.4) is 0 Å². The van der Waals surface area contributed by atoms with E-state index < -0.39 is 18.1 Å². The van der Waals surface area contributed by atoms with Gasteiger partial charge in [-0.1, -0.05) is 30.7 Å². The molecule has 2 aliphatic rings. The van der Waals surface area contributed by atoms with E-state index in [0.717, 1.165) is 11.1 Å². The standard InChI is InChI=1S/C22H29N3O5S/c1-31-12-10-17(21(28)29)23-19(26)9-3-2-6-11-24-20(27)18-13-15-7-4-5-8-16(15)14-25(18)22(24)30/h4-5,7-8,17-18H,2-3,6,9-14H2,1H3,(H,23,26)(H,28,29). The first-order valence-corrected chi connectivity index (χ1v) is 12.0. The summed E-state index contributed by atoms with van der Waals surface area (Å²) in [6.45, 7) is 0.803. The summed E-state index contributed by atoms with van der Waals surface area (Å²) >= 11 is 1.54. The highest BCUT2D eigenvalue weighted by atomic mass is 32.2. The molecule has 0 spiro atoms. The minimum Gasteiger partial charge on any atom is -0.480 e. The van der Waals surface area contributed by atoms with Gasteiger partial charge in [-0.3, -0.25) is 14.5 Å². The average Bonchev–Trinajstić information content (AvgIpc) is 2.98. The van der Waals surface area contributed by atoms with E-state index >= 15 is 0 Å². The molecular formula is C22H29N3O5S. The van der Waals surface area contributed by atoms with Gasteiger partial charge < -0.3 is 15.3 Å². The van der Waals surface area contributed by atoms with E-state index in [2.05, 4.69) is 5.32 Å². The van der Waals surface area contributed by atoms with Crippen molar-refractivity contribution in [3.05, 3.63) is 35.4 Å². The number of hydrogen-bond donors (Lipinski definition) is 2. The topological polar surface area (TPSA) is 107 Å². The van der Waals surface area contributed by atoms with Crippen molar-refractivity contribution in [2.75, 3.05) is 18.6 Å². The third-order valence-electron chi connectivity index (χ3n) is 5.81. The lowest BCUT2D eigenvalue weighted by Gasteiger charge is -2.28. The van der Waals surface area contributed by atoms with Gasteiger partial charge in [0.2, 0.25) is 5.91 Å². The molecule has 9 heteroatoms. The molecule has 4 amide bonds. The SMILES string of the molecule is CSCCC(NC(=O)CCCCCN1C(=O)C2Cc3ccccc3CN2C1=O)C(=O)O. The number of aliphatic carboxylic acids is 1. The predicted octanol–water partition coefficient (Wildman–Crippen LogP) is 2.26. The second-order valence-electron chi connectivity index (χ2n) is 7.94. The summed E-state index contributed by atoms with van der Waals surface area (Å²) < 4.78 is 0. The lowest BCUT2D eigenvalue weighted by atomic mass is 9.95. The highest BCUT2D eigenvalue weighted by Crippen LogP contribution is 2.30. The van der Waals surface area contributed by atoms with Crippen LogP contribution in [0.5, 0.6) is 0 Å². The molecule has 168 valence electrons. The minimum absolute atomic E-state index is 0.143. The van der Waals surface area contributed by atoms with Gasteiger partial charge in [-0.15, -0.1) is 0 Å². The summed E-state index contributed by atoms with van der Waals surface area (Å²) in [6, 6.07) is 6.38. The lowest BCUT2D eigenvalue weighted by molar-refractivity contribution is -0.141. The third kappa shape index (κ3) is 5.58. The largest absolute Gasteiger partial charge is 0.480 e. The van der Waals surface area contributed by atoms with Gasteiger partial charge in [-0.2, -0.15) is 11.8 Å². The predicted molar refractivity (Wildman–Crippen MR) is 118 cm³/mol. The van der Waals surface area contributed by atoms with Crippen LogP contribution in [-0.4, -0.2) is 69.4 Å². The summed E-state index contributed by atoms with van der Waals surface area (Å²) in [4.78, 5) is 51.7. The minimum atomic E-state index is -1.02. The molecule has 1 aromatic carbocycles.